The number of aryl methyl sites for hydroxylation is 2. The summed E-state index contributed by atoms with van der Waals surface area (Å²) in [5.74, 6) is -1.43. The molecule has 1 amide bonds. The molecule has 0 unspecified atom stereocenters. The number of ether oxygens (including phenoxy) is 1. The van der Waals surface area contributed by atoms with Gasteiger partial charge in [0.15, 0.2) is 0 Å². The molecule has 2 aromatic carbocycles. The summed E-state index contributed by atoms with van der Waals surface area (Å²) in [7, 11) is 3.28. The number of carbonyl (C=O) groups excluding carboxylic acids is 1. The number of fused-ring (bicyclic) bond motifs is 4. The lowest BCUT2D eigenvalue weighted by Crippen LogP contribution is -2.37. The smallest absolute Gasteiger partial charge is 0.383 e. The van der Waals surface area contributed by atoms with Gasteiger partial charge < -0.3 is 15.4 Å². The van der Waals surface area contributed by atoms with Crippen LogP contribution in [0.4, 0.5) is 23.4 Å². The summed E-state index contributed by atoms with van der Waals surface area (Å²) in [5.41, 5.74) is 7.14. The lowest BCUT2D eigenvalue weighted by atomic mass is 9.94. The van der Waals surface area contributed by atoms with Crippen LogP contribution in [0.5, 0.6) is 0 Å². The van der Waals surface area contributed by atoms with E-state index in [0.29, 0.717) is 44.9 Å². The molecule has 3 heterocycles. The van der Waals surface area contributed by atoms with Crippen LogP contribution >= 0.6 is 0 Å². The Labute approximate surface area is 197 Å². The van der Waals surface area contributed by atoms with E-state index in [0.717, 1.165) is 5.52 Å². The Balaban J connectivity index is 1.58. The van der Waals surface area contributed by atoms with Gasteiger partial charge in [0.05, 0.1) is 47.4 Å². The van der Waals surface area contributed by atoms with Crippen LogP contribution in [-0.2, 0) is 24.6 Å². The Kier molecular flexibility index (Phi) is 5.20. The minimum atomic E-state index is -4.83. The van der Waals surface area contributed by atoms with E-state index in [1.807, 2.05) is 0 Å². The average Bonchev–Trinajstić information content (AvgIpc) is 3.19. The van der Waals surface area contributed by atoms with Crippen molar-refractivity contribution in [1.29, 1.82) is 0 Å². The fourth-order valence-electron chi connectivity index (χ4n) is 4.67. The van der Waals surface area contributed by atoms with Gasteiger partial charge >= 0.3 is 6.18 Å². The first-order valence-electron chi connectivity index (χ1n) is 10.7. The Morgan fingerprint density at radius 2 is 2.00 bits per heavy atom. The maximum absolute atomic E-state index is 14.7. The van der Waals surface area contributed by atoms with Crippen LogP contribution in [0, 0.1) is 12.7 Å². The van der Waals surface area contributed by atoms with Crippen molar-refractivity contribution in [2.75, 3.05) is 19.4 Å². The molecule has 0 bridgehead atoms. The molecule has 4 aromatic rings. The standard InChI is InChI=1S/C24H21F4N5O2/c1-11-6-18-14(21-15(22(29)31-18)8-30-33(21)3)7-13(11)23(34)32(2)19-10-35-9-16-12(19)4-5-17(20(16)25)24(26,27)28/h4-8,19H,9-10H2,1-3H3,(H2,29,31)/t19-/m1/s1. The van der Waals surface area contributed by atoms with Crippen LogP contribution in [0.1, 0.15) is 38.7 Å². The molecule has 2 N–H and O–H groups in total. The number of anilines is 1. The molecule has 0 saturated carbocycles. The number of amides is 1. The first-order valence-corrected chi connectivity index (χ1v) is 10.7. The maximum atomic E-state index is 14.7. The zero-order chi connectivity index (χ0) is 25.2. The average molecular weight is 487 g/mol. The van der Waals surface area contributed by atoms with Crippen molar-refractivity contribution < 1.29 is 27.1 Å². The minimum Gasteiger partial charge on any atom is -0.383 e. The number of pyridine rings is 1. The SMILES string of the molecule is Cc1cc2nc(N)c3cnn(C)c3c2cc1C(=O)N(C)[C@@H]1COCc2c1ccc(C(F)(F)F)c2F. The number of alkyl halides is 3. The molecule has 0 spiro atoms. The molecule has 1 atom stereocenters. The topological polar surface area (TPSA) is 86.3 Å². The van der Waals surface area contributed by atoms with Gasteiger partial charge in [-0.1, -0.05) is 6.07 Å². The number of hydrogen-bond donors (Lipinski definition) is 1. The predicted octanol–water partition coefficient (Wildman–Crippen LogP) is 4.51. The zero-order valence-corrected chi connectivity index (χ0v) is 19.1. The van der Waals surface area contributed by atoms with Crippen molar-refractivity contribution >= 4 is 33.5 Å². The highest BCUT2D eigenvalue weighted by molar-refractivity contribution is 6.10. The van der Waals surface area contributed by atoms with E-state index >= 15 is 0 Å². The molecule has 11 heteroatoms. The fraction of sp³-hybridized carbons (Fsp3) is 0.292. The van der Waals surface area contributed by atoms with Crippen LogP contribution in [0.3, 0.4) is 0 Å². The summed E-state index contributed by atoms with van der Waals surface area (Å²) in [4.78, 5) is 19.4. The van der Waals surface area contributed by atoms with Gasteiger partial charge in [0.25, 0.3) is 5.91 Å². The van der Waals surface area contributed by atoms with Crippen LogP contribution in [-0.4, -0.2) is 39.2 Å². The second kappa shape index (κ2) is 7.91. The summed E-state index contributed by atoms with van der Waals surface area (Å²) in [6, 6.07) is 4.62. The summed E-state index contributed by atoms with van der Waals surface area (Å²) in [6.07, 6.45) is -3.23. The third kappa shape index (κ3) is 3.57. The highest BCUT2D eigenvalue weighted by Gasteiger charge is 2.38. The number of benzene rings is 2. The largest absolute Gasteiger partial charge is 0.419 e. The molecule has 0 saturated heterocycles. The number of likely N-dealkylation sites (N-methyl/N-ethyl adjacent to an activating group) is 1. The van der Waals surface area contributed by atoms with Gasteiger partial charge in [0.2, 0.25) is 0 Å². The second-order valence-corrected chi connectivity index (χ2v) is 8.65. The van der Waals surface area contributed by atoms with E-state index in [1.165, 1.54) is 18.0 Å². The lowest BCUT2D eigenvalue weighted by Gasteiger charge is -2.34. The number of carbonyl (C=O) groups is 1. The van der Waals surface area contributed by atoms with Crippen molar-refractivity contribution in [3.63, 3.8) is 0 Å². The third-order valence-corrected chi connectivity index (χ3v) is 6.54. The van der Waals surface area contributed by atoms with Crippen molar-refractivity contribution in [3.05, 3.63) is 64.1 Å². The van der Waals surface area contributed by atoms with Crippen molar-refractivity contribution in [1.82, 2.24) is 19.7 Å². The van der Waals surface area contributed by atoms with Crippen molar-refractivity contribution in [3.8, 4) is 0 Å². The number of nitrogens with two attached hydrogens (primary N) is 1. The number of nitrogen functional groups attached to an aromatic ring is 1. The van der Waals surface area contributed by atoms with Crippen molar-refractivity contribution in [2.24, 2.45) is 7.05 Å². The molecule has 2 aromatic heterocycles. The van der Waals surface area contributed by atoms with E-state index in [-0.39, 0.29) is 18.8 Å². The molecule has 35 heavy (non-hydrogen) atoms. The molecule has 0 aliphatic carbocycles. The first-order chi connectivity index (χ1) is 16.5. The maximum Gasteiger partial charge on any atom is 0.419 e. The highest BCUT2D eigenvalue weighted by Crippen LogP contribution is 2.38. The Bertz CT molecular complexity index is 1510. The first kappa shape index (κ1) is 23.0. The Hall–Kier alpha value is -3.73. The number of hydrogen-bond acceptors (Lipinski definition) is 5. The quantitative estimate of drug-likeness (QED) is 0.421. The molecular formula is C24H21F4N5O2. The van der Waals surface area contributed by atoms with Gasteiger partial charge in [0, 0.05) is 30.6 Å². The molecule has 5 rings (SSSR count). The minimum absolute atomic E-state index is 0.0245. The van der Waals surface area contributed by atoms with Crippen LogP contribution in [0.15, 0.2) is 30.5 Å². The van der Waals surface area contributed by atoms with Gasteiger partial charge in [0.1, 0.15) is 11.6 Å². The van der Waals surface area contributed by atoms with Crippen LogP contribution in [0.2, 0.25) is 0 Å². The molecule has 182 valence electrons. The number of nitrogens with zero attached hydrogens (tertiary/aromatic N) is 4. The van der Waals surface area contributed by atoms with Gasteiger partial charge in [-0.2, -0.15) is 18.3 Å². The molecular weight excluding hydrogens is 466 g/mol. The molecule has 1 aliphatic rings. The number of rotatable bonds is 2. The Morgan fingerprint density at radius 3 is 2.71 bits per heavy atom. The zero-order valence-electron chi connectivity index (χ0n) is 19.1. The molecule has 0 radical (unpaired) electrons. The van der Waals surface area contributed by atoms with Crippen molar-refractivity contribution in [2.45, 2.75) is 25.7 Å². The van der Waals surface area contributed by atoms with E-state index in [4.69, 9.17) is 10.5 Å². The summed E-state index contributed by atoms with van der Waals surface area (Å²) >= 11 is 0. The van der Waals surface area contributed by atoms with Gasteiger partial charge in [-0.3, -0.25) is 9.48 Å². The number of aromatic nitrogens is 3. The molecule has 0 fully saturated rings. The summed E-state index contributed by atoms with van der Waals surface area (Å²) in [6.45, 7) is 1.48. The predicted molar refractivity (Wildman–Crippen MR) is 121 cm³/mol. The van der Waals surface area contributed by atoms with Gasteiger partial charge in [-0.05, 0) is 36.2 Å². The monoisotopic (exact) mass is 487 g/mol. The normalized spacial score (nSPS) is 16.0. The lowest BCUT2D eigenvalue weighted by molar-refractivity contribution is -0.140. The highest BCUT2D eigenvalue weighted by atomic mass is 19.4. The Morgan fingerprint density at radius 1 is 1.26 bits per heavy atom. The summed E-state index contributed by atoms with van der Waals surface area (Å²) < 4.78 is 61.3. The fourth-order valence-corrected chi connectivity index (χ4v) is 4.67. The number of halogens is 4. The molecule has 1 aliphatic heterocycles. The van der Waals surface area contributed by atoms with Crippen LogP contribution in [0.25, 0.3) is 21.8 Å². The third-order valence-electron chi connectivity index (χ3n) is 6.54. The molecule has 7 nitrogen and oxygen atoms in total. The van der Waals surface area contributed by atoms with E-state index < -0.39 is 29.5 Å². The van der Waals surface area contributed by atoms with Crippen LogP contribution < -0.4 is 5.73 Å². The van der Waals surface area contributed by atoms with E-state index in [9.17, 15) is 22.4 Å². The van der Waals surface area contributed by atoms with E-state index in [1.54, 1.807) is 37.0 Å². The van der Waals surface area contributed by atoms with Gasteiger partial charge in [-0.15, -0.1) is 0 Å². The van der Waals surface area contributed by atoms with Gasteiger partial charge in [-0.25, -0.2) is 9.37 Å². The second-order valence-electron chi connectivity index (χ2n) is 8.65. The van der Waals surface area contributed by atoms with E-state index in [2.05, 4.69) is 10.1 Å². The summed E-state index contributed by atoms with van der Waals surface area (Å²) in [5, 5.41) is 5.57.